The van der Waals surface area contributed by atoms with Crippen LogP contribution in [0.25, 0.3) is 63.6 Å². The average molecular weight is 411 g/mol. The summed E-state index contributed by atoms with van der Waals surface area (Å²) in [4.78, 5) is 0. The first-order valence-electron chi connectivity index (χ1n) is 10.6. The maximum absolute atomic E-state index is 2.38. The third-order valence-corrected chi connectivity index (χ3v) is 7.59. The summed E-state index contributed by atoms with van der Waals surface area (Å²) >= 11 is 1.87. The van der Waals surface area contributed by atoms with Gasteiger partial charge in [-0.2, -0.15) is 0 Å². The summed E-state index contributed by atoms with van der Waals surface area (Å²) in [5.74, 6) is 0. The van der Waals surface area contributed by atoms with Gasteiger partial charge in [0.05, 0.1) is 0 Å². The van der Waals surface area contributed by atoms with Crippen LogP contribution in [0.15, 0.2) is 109 Å². The lowest BCUT2D eigenvalue weighted by Gasteiger charge is -2.13. The van der Waals surface area contributed by atoms with Gasteiger partial charge in [0.25, 0.3) is 0 Å². The fourth-order valence-electron chi connectivity index (χ4n) is 5.01. The first kappa shape index (κ1) is 17.0. The van der Waals surface area contributed by atoms with Crippen molar-refractivity contribution in [2.75, 3.05) is 0 Å². The lowest BCUT2D eigenvalue weighted by molar-refractivity contribution is 1.72. The summed E-state index contributed by atoms with van der Waals surface area (Å²) in [7, 11) is 0. The minimum Gasteiger partial charge on any atom is -0.135 e. The molecule has 0 radical (unpaired) electrons. The maximum atomic E-state index is 2.38. The fraction of sp³-hybridized carbons (Fsp3) is 0. The summed E-state index contributed by atoms with van der Waals surface area (Å²) in [5, 5.41) is 10.6. The molecule has 0 saturated carbocycles. The van der Waals surface area contributed by atoms with Crippen LogP contribution in [0.5, 0.6) is 0 Å². The van der Waals surface area contributed by atoms with Crippen molar-refractivity contribution in [3.63, 3.8) is 0 Å². The molecule has 0 aliphatic heterocycles. The van der Waals surface area contributed by atoms with E-state index in [1.165, 1.54) is 63.6 Å². The van der Waals surface area contributed by atoms with E-state index in [1.54, 1.807) is 0 Å². The van der Waals surface area contributed by atoms with Crippen molar-refractivity contribution in [2.24, 2.45) is 0 Å². The standard InChI is InChI=1S/C30H18S/c1-2-8-23-19(6-1)12-13-21-15-14-20-7-5-10-24(29(20)30(21)23)22-16-17-28-26(18-22)25-9-3-4-11-27(25)31-28/h1-18H. The van der Waals surface area contributed by atoms with Crippen molar-refractivity contribution < 1.29 is 0 Å². The van der Waals surface area contributed by atoms with Gasteiger partial charge in [-0.05, 0) is 61.6 Å². The molecule has 0 N–H and O–H groups in total. The second-order valence-electron chi connectivity index (χ2n) is 8.16. The molecule has 31 heavy (non-hydrogen) atoms. The Morgan fingerprint density at radius 2 is 1.10 bits per heavy atom. The topological polar surface area (TPSA) is 0 Å². The SMILES string of the molecule is c1ccc2c(c1)ccc1ccc3cccc(-c4ccc5sc6ccccc6c5c4)c3c12. The van der Waals surface area contributed by atoms with Crippen molar-refractivity contribution in [3.05, 3.63) is 109 Å². The Hall–Kier alpha value is -3.68. The number of hydrogen-bond donors (Lipinski definition) is 0. The highest BCUT2D eigenvalue weighted by Gasteiger charge is 2.12. The zero-order valence-electron chi connectivity index (χ0n) is 16.8. The van der Waals surface area contributed by atoms with Gasteiger partial charge in [0.2, 0.25) is 0 Å². The van der Waals surface area contributed by atoms with Crippen LogP contribution >= 0.6 is 11.3 Å². The molecule has 1 aromatic heterocycles. The lowest BCUT2D eigenvalue weighted by atomic mass is 9.91. The summed E-state index contributed by atoms with van der Waals surface area (Å²) in [6.07, 6.45) is 0. The quantitative estimate of drug-likeness (QED) is 0.237. The molecule has 1 heteroatoms. The van der Waals surface area contributed by atoms with Gasteiger partial charge in [0.1, 0.15) is 0 Å². The van der Waals surface area contributed by atoms with Gasteiger partial charge in [0.15, 0.2) is 0 Å². The Labute approximate surface area is 184 Å². The molecule has 0 atom stereocenters. The maximum Gasteiger partial charge on any atom is 0.0355 e. The summed E-state index contributed by atoms with van der Waals surface area (Å²) in [6, 6.07) is 40.1. The Morgan fingerprint density at radius 1 is 0.419 bits per heavy atom. The monoisotopic (exact) mass is 410 g/mol. The van der Waals surface area contributed by atoms with Crippen molar-refractivity contribution >= 4 is 63.8 Å². The minimum absolute atomic E-state index is 1.28. The summed E-state index contributed by atoms with van der Waals surface area (Å²) in [6.45, 7) is 0. The van der Waals surface area contributed by atoms with Gasteiger partial charge in [-0.3, -0.25) is 0 Å². The van der Waals surface area contributed by atoms with Crippen LogP contribution in [-0.4, -0.2) is 0 Å². The molecule has 7 aromatic rings. The van der Waals surface area contributed by atoms with Crippen LogP contribution in [0.3, 0.4) is 0 Å². The van der Waals surface area contributed by atoms with Crippen LogP contribution < -0.4 is 0 Å². The van der Waals surface area contributed by atoms with E-state index >= 15 is 0 Å². The van der Waals surface area contributed by atoms with E-state index in [0.29, 0.717) is 0 Å². The number of hydrogen-bond acceptors (Lipinski definition) is 1. The van der Waals surface area contributed by atoms with Crippen LogP contribution in [0, 0.1) is 0 Å². The molecule has 0 amide bonds. The Morgan fingerprint density at radius 3 is 2.00 bits per heavy atom. The zero-order chi connectivity index (χ0) is 20.4. The largest absolute Gasteiger partial charge is 0.135 e. The molecule has 0 aliphatic rings. The predicted octanol–water partition coefficient (Wildman–Crippen LogP) is 9.18. The van der Waals surface area contributed by atoms with Gasteiger partial charge in [-0.25, -0.2) is 0 Å². The zero-order valence-corrected chi connectivity index (χ0v) is 17.6. The molecule has 0 bridgehead atoms. The van der Waals surface area contributed by atoms with Crippen LogP contribution in [0.1, 0.15) is 0 Å². The number of thiophene rings is 1. The van der Waals surface area contributed by atoms with E-state index in [2.05, 4.69) is 109 Å². The molecule has 0 spiro atoms. The first-order chi connectivity index (χ1) is 15.4. The molecule has 144 valence electrons. The molecular formula is C30H18S. The second kappa shape index (κ2) is 6.41. The average Bonchev–Trinajstić information content (AvgIpc) is 3.21. The number of benzene rings is 6. The molecule has 0 fully saturated rings. The minimum atomic E-state index is 1.28. The van der Waals surface area contributed by atoms with Crippen molar-refractivity contribution in [2.45, 2.75) is 0 Å². The van der Waals surface area contributed by atoms with E-state index in [-0.39, 0.29) is 0 Å². The molecule has 7 rings (SSSR count). The van der Waals surface area contributed by atoms with Gasteiger partial charge >= 0.3 is 0 Å². The van der Waals surface area contributed by atoms with Crippen molar-refractivity contribution in [3.8, 4) is 11.1 Å². The fourth-order valence-corrected chi connectivity index (χ4v) is 6.09. The van der Waals surface area contributed by atoms with E-state index in [9.17, 15) is 0 Å². The molecular weight excluding hydrogens is 392 g/mol. The van der Waals surface area contributed by atoms with E-state index in [4.69, 9.17) is 0 Å². The normalized spacial score (nSPS) is 11.9. The van der Waals surface area contributed by atoms with Gasteiger partial charge < -0.3 is 0 Å². The molecule has 0 saturated heterocycles. The molecule has 1 heterocycles. The number of fused-ring (bicyclic) bond motifs is 8. The third-order valence-electron chi connectivity index (χ3n) is 6.44. The predicted molar refractivity (Wildman–Crippen MR) is 137 cm³/mol. The third kappa shape index (κ3) is 2.47. The van der Waals surface area contributed by atoms with Crippen LogP contribution in [0.4, 0.5) is 0 Å². The van der Waals surface area contributed by atoms with Crippen LogP contribution in [0.2, 0.25) is 0 Å². The first-order valence-corrected chi connectivity index (χ1v) is 11.4. The second-order valence-corrected chi connectivity index (χ2v) is 9.25. The van der Waals surface area contributed by atoms with E-state index in [1.807, 2.05) is 11.3 Å². The van der Waals surface area contributed by atoms with Gasteiger partial charge in [0, 0.05) is 20.2 Å². The van der Waals surface area contributed by atoms with E-state index in [0.717, 1.165) is 0 Å². The smallest absolute Gasteiger partial charge is 0.0355 e. The van der Waals surface area contributed by atoms with Gasteiger partial charge in [-0.1, -0.05) is 91.0 Å². The summed E-state index contributed by atoms with van der Waals surface area (Å²) in [5.41, 5.74) is 2.58. The Balaban J connectivity index is 1.63. The van der Waals surface area contributed by atoms with Crippen LogP contribution in [-0.2, 0) is 0 Å². The highest BCUT2D eigenvalue weighted by Crippen LogP contribution is 2.41. The molecule has 0 aliphatic carbocycles. The molecule has 0 unspecified atom stereocenters. The van der Waals surface area contributed by atoms with Crippen molar-refractivity contribution in [1.29, 1.82) is 0 Å². The van der Waals surface area contributed by atoms with Crippen molar-refractivity contribution in [1.82, 2.24) is 0 Å². The number of rotatable bonds is 1. The molecule has 6 aromatic carbocycles. The lowest BCUT2D eigenvalue weighted by Crippen LogP contribution is -1.86. The van der Waals surface area contributed by atoms with E-state index < -0.39 is 0 Å². The summed E-state index contributed by atoms with van der Waals surface area (Å²) < 4.78 is 2.70. The molecule has 0 nitrogen and oxygen atoms in total. The van der Waals surface area contributed by atoms with Gasteiger partial charge in [-0.15, -0.1) is 11.3 Å². The highest BCUT2D eigenvalue weighted by atomic mass is 32.1. The Bertz CT molecular complexity index is 1780. The Kier molecular flexibility index (Phi) is 3.52. The highest BCUT2D eigenvalue weighted by molar-refractivity contribution is 7.25.